The first-order valence-corrected chi connectivity index (χ1v) is 9.64. The molecule has 0 atom stereocenters. The van der Waals surface area contributed by atoms with Crippen molar-refractivity contribution in [3.63, 3.8) is 0 Å². The van der Waals surface area contributed by atoms with Crippen molar-refractivity contribution in [2.45, 2.75) is 0 Å². The van der Waals surface area contributed by atoms with Crippen molar-refractivity contribution in [3.8, 4) is 11.5 Å². The number of aliphatic imine (C=N–C) groups is 2. The molecule has 170 valence electrons. The number of hydrogen-bond donors (Lipinski definition) is 2. The van der Waals surface area contributed by atoms with E-state index in [1.807, 2.05) is 12.1 Å². The standard InChI is InChI=1S/C16H16N2O2.C8H6O5.Mg/c19-15-7-3-1-5-13(15)11-17-9-10-18-12-14-6-2-4-8-16(14)20;9-7(10)5-3-1-2-4-6(5)8(11)13-12;/h1-8,11-12,19-20H,9-10H2;1-4,12H,(H,9,10);/q;;+2/p-2. The molecule has 0 saturated carbocycles. The fraction of sp³-hybridized carbons (Fsp3) is 0.0833. The first-order chi connectivity index (χ1) is 15.9. The minimum absolute atomic E-state index is 0. The van der Waals surface area contributed by atoms with Crippen LogP contribution in [0.15, 0.2) is 82.8 Å². The fourth-order valence-corrected chi connectivity index (χ4v) is 2.52. The number of para-hydroxylation sites is 2. The third-order valence-electron chi connectivity index (χ3n) is 4.14. The number of carboxylic acid groups (broad SMARTS) is 1. The van der Waals surface area contributed by atoms with Gasteiger partial charge in [-0.1, -0.05) is 42.5 Å². The Kier molecular flexibility index (Phi) is 12.6. The van der Waals surface area contributed by atoms with Crippen LogP contribution in [0.4, 0.5) is 0 Å². The van der Waals surface area contributed by atoms with Crippen LogP contribution in [0, 0.1) is 0 Å². The molecule has 0 aliphatic carbocycles. The summed E-state index contributed by atoms with van der Waals surface area (Å²) in [5, 5.41) is 39.3. The van der Waals surface area contributed by atoms with Crippen molar-refractivity contribution >= 4 is 47.4 Å². The van der Waals surface area contributed by atoms with Gasteiger partial charge in [-0.2, -0.15) is 0 Å². The van der Waals surface area contributed by atoms with E-state index in [-0.39, 0.29) is 45.7 Å². The normalized spacial score (nSPS) is 10.3. The number of aromatic hydroxyl groups is 2. The van der Waals surface area contributed by atoms with Crippen molar-refractivity contribution in [2.75, 3.05) is 13.1 Å². The molecule has 0 spiro atoms. The van der Waals surface area contributed by atoms with E-state index < -0.39 is 11.9 Å². The minimum Gasteiger partial charge on any atom is -0.661 e. The molecule has 10 heteroatoms. The Morgan fingerprint density at radius 3 is 1.59 bits per heavy atom. The number of rotatable bonds is 7. The van der Waals surface area contributed by atoms with Crippen molar-refractivity contribution in [1.82, 2.24) is 0 Å². The summed E-state index contributed by atoms with van der Waals surface area (Å²) in [6.45, 7) is 1.05. The second-order valence-corrected chi connectivity index (χ2v) is 6.39. The number of phenols is 2. The maximum Gasteiger partial charge on any atom is 2.00 e. The van der Waals surface area contributed by atoms with Crippen molar-refractivity contribution < 1.29 is 35.1 Å². The Balaban J connectivity index is 0.000000360. The number of carbonyl (C=O) groups excluding carboxylic acids is 2. The van der Waals surface area contributed by atoms with Gasteiger partial charge in [-0.3, -0.25) is 9.98 Å². The van der Waals surface area contributed by atoms with E-state index in [1.54, 1.807) is 48.8 Å². The van der Waals surface area contributed by atoms with Gasteiger partial charge in [0.2, 0.25) is 0 Å². The molecule has 34 heavy (non-hydrogen) atoms. The van der Waals surface area contributed by atoms with Crippen LogP contribution in [0.2, 0.25) is 0 Å². The van der Waals surface area contributed by atoms with Gasteiger partial charge in [-0.25, -0.2) is 4.79 Å². The van der Waals surface area contributed by atoms with Gasteiger partial charge in [0.05, 0.1) is 24.6 Å². The molecule has 3 rings (SSSR count). The number of aromatic carboxylic acids is 1. The minimum atomic E-state index is -1.53. The van der Waals surface area contributed by atoms with Crippen molar-refractivity contribution in [3.05, 3.63) is 95.1 Å². The predicted octanol–water partition coefficient (Wildman–Crippen LogP) is 0.737. The molecule has 0 unspecified atom stereocenters. The summed E-state index contributed by atoms with van der Waals surface area (Å²) in [5.74, 6) is -2.33. The Morgan fingerprint density at radius 1 is 0.765 bits per heavy atom. The molecule has 0 aliphatic heterocycles. The monoisotopic (exact) mass is 472 g/mol. The van der Waals surface area contributed by atoms with Gasteiger partial charge in [0, 0.05) is 29.1 Å². The van der Waals surface area contributed by atoms with Crippen LogP contribution in [0.5, 0.6) is 11.5 Å². The number of carboxylic acids is 1. The summed E-state index contributed by atoms with van der Waals surface area (Å²) in [5.41, 5.74) is 0.718. The van der Waals surface area contributed by atoms with Gasteiger partial charge in [-0.05, 0) is 30.3 Å². The number of hydrogen-bond acceptors (Lipinski definition) is 9. The van der Waals surface area contributed by atoms with E-state index in [9.17, 15) is 30.2 Å². The van der Waals surface area contributed by atoms with Crippen molar-refractivity contribution in [1.29, 1.82) is 0 Å². The van der Waals surface area contributed by atoms with Crippen LogP contribution in [0.25, 0.3) is 0 Å². The molecule has 0 amide bonds. The van der Waals surface area contributed by atoms with Crippen LogP contribution in [0.1, 0.15) is 31.8 Å². The molecule has 0 radical (unpaired) electrons. The van der Waals surface area contributed by atoms with Gasteiger partial charge >= 0.3 is 29.0 Å². The molecule has 0 bridgehead atoms. The molecule has 3 aromatic rings. The average Bonchev–Trinajstić information content (AvgIpc) is 2.83. The average molecular weight is 473 g/mol. The quantitative estimate of drug-likeness (QED) is 0.169. The Hall–Kier alpha value is -3.73. The molecular weight excluding hydrogens is 453 g/mol. The van der Waals surface area contributed by atoms with E-state index in [0.29, 0.717) is 24.2 Å². The SMILES string of the molecule is O=C([O-])c1ccccc1C(=O)O[O-].Oc1ccccc1C=NCCN=Cc1ccccc1O.[Mg+2]. The number of nitrogens with zero attached hydrogens (tertiary/aromatic N) is 2. The zero-order valence-electron chi connectivity index (χ0n) is 18.0. The summed E-state index contributed by atoms with van der Waals surface area (Å²) in [4.78, 5) is 32.7. The predicted molar refractivity (Wildman–Crippen MR) is 123 cm³/mol. The van der Waals surface area contributed by atoms with Crippen LogP contribution >= 0.6 is 0 Å². The molecule has 3 aromatic carbocycles. The summed E-state index contributed by atoms with van der Waals surface area (Å²) in [7, 11) is 0. The molecular formula is C24H20MgN2O7. The third-order valence-corrected chi connectivity index (χ3v) is 4.14. The number of phenolic OH excluding ortho intramolecular Hbond substituents is 2. The number of carbonyl (C=O) groups is 2. The van der Waals surface area contributed by atoms with E-state index in [0.717, 1.165) is 6.07 Å². The summed E-state index contributed by atoms with van der Waals surface area (Å²) in [6, 6.07) is 19.2. The molecule has 2 N–H and O–H groups in total. The van der Waals surface area contributed by atoms with Gasteiger partial charge in [-0.15, -0.1) is 0 Å². The Bertz CT molecular complexity index is 1090. The molecule has 0 aliphatic rings. The zero-order chi connectivity index (χ0) is 24.1. The second kappa shape index (κ2) is 15.2. The van der Waals surface area contributed by atoms with Crippen LogP contribution in [-0.4, -0.2) is 70.7 Å². The van der Waals surface area contributed by atoms with Crippen LogP contribution in [0.3, 0.4) is 0 Å². The van der Waals surface area contributed by atoms with Crippen LogP contribution in [-0.2, 0) is 4.89 Å². The third kappa shape index (κ3) is 9.02. The summed E-state index contributed by atoms with van der Waals surface area (Å²) < 4.78 is 0. The van der Waals surface area contributed by atoms with Crippen molar-refractivity contribution in [2.24, 2.45) is 9.98 Å². The van der Waals surface area contributed by atoms with E-state index >= 15 is 0 Å². The first kappa shape index (κ1) is 28.3. The molecule has 9 nitrogen and oxygen atoms in total. The summed E-state index contributed by atoms with van der Waals surface area (Å²) in [6.07, 6.45) is 3.26. The molecule has 0 saturated heterocycles. The zero-order valence-corrected chi connectivity index (χ0v) is 19.4. The summed E-state index contributed by atoms with van der Waals surface area (Å²) >= 11 is 0. The largest absolute Gasteiger partial charge is 2.00 e. The van der Waals surface area contributed by atoms with Gasteiger partial charge in [0.25, 0.3) is 0 Å². The molecule has 0 heterocycles. The van der Waals surface area contributed by atoms with E-state index in [1.165, 1.54) is 18.2 Å². The van der Waals surface area contributed by atoms with E-state index in [4.69, 9.17) is 0 Å². The maximum atomic E-state index is 10.7. The van der Waals surface area contributed by atoms with Gasteiger partial charge < -0.3 is 30.3 Å². The van der Waals surface area contributed by atoms with E-state index in [2.05, 4.69) is 14.9 Å². The Morgan fingerprint density at radius 2 is 1.18 bits per heavy atom. The van der Waals surface area contributed by atoms with Gasteiger partial charge in [0.1, 0.15) is 11.5 Å². The second-order valence-electron chi connectivity index (χ2n) is 6.39. The molecule has 0 aromatic heterocycles. The maximum absolute atomic E-state index is 10.7. The first-order valence-electron chi connectivity index (χ1n) is 9.64. The fourth-order valence-electron chi connectivity index (χ4n) is 2.52. The topological polar surface area (TPSA) is 155 Å². The molecule has 0 fully saturated rings. The Labute approximate surface area is 211 Å². The van der Waals surface area contributed by atoms with Crippen LogP contribution < -0.4 is 10.4 Å². The number of benzene rings is 3. The van der Waals surface area contributed by atoms with Gasteiger partial charge in [0.15, 0.2) is 0 Å². The smallest absolute Gasteiger partial charge is 0.661 e.